The zero-order valence-electron chi connectivity index (χ0n) is 18.8. The number of ether oxygens (including phenoxy) is 2. The fourth-order valence-electron chi connectivity index (χ4n) is 4.94. The van der Waals surface area contributed by atoms with Gasteiger partial charge in [0.1, 0.15) is 6.10 Å². The van der Waals surface area contributed by atoms with Gasteiger partial charge in [0.2, 0.25) is 0 Å². The molecule has 2 saturated carbocycles. The maximum atomic E-state index is 13.3. The van der Waals surface area contributed by atoms with Crippen molar-refractivity contribution in [3.8, 4) is 11.5 Å². The highest BCUT2D eigenvalue weighted by atomic mass is 19.4. The Balaban J connectivity index is 1.33. The maximum Gasteiger partial charge on any atom is 0.435 e. The summed E-state index contributed by atoms with van der Waals surface area (Å²) in [4.78, 5) is 1.92. The summed E-state index contributed by atoms with van der Waals surface area (Å²) in [6.45, 7) is 1.38. The number of piperidine rings is 1. The lowest BCUT2D eigenvalue weighted by Crippen LogP contribution is -2.54. The van der Waals surface area contributed by atoms with Crippen LogP contribution in [-0.2, 0) is 12.4 Å². The minimum atomic E-state index is -4.55. The van der Waals surface area contributed by atoms with Crippen LogP contribution in [0.1, 0.15) is 43.4 Å². The van der Waals surface area contributed by atoms with Crippen molar-refractivity contribution in [2.75, 3.05) is 24.6 Å². The molecule has 2 bridgehead atoms. The third-order valence-electron chi connectivity index (χ3n) is 6.96. The first-order valence-corrected chi connectivity index (χ1v) is 11.7. The van der Waals surface area contributed by atoms with E-state index in [1.807, 2.05) is 4.90 Å². The number of nitrogens with zero attached hydrogens (tertiary/aromatic N) is 3. The van der Waals surface area contributed by atoms with E-state index in [1.54, 1.807) is 0 Å². The Morgan fingerprint density at radius 2 is 1.54 bits per heavy atom. The lowest BCUT2D eigenvalue weighted by Gasteiger charge is -2.47. The molecule has 2 aromatic rings. The van der Waals surface area contributed by atoms with Crippen molar-refractivity contribution in [1.82, 2.24) is 10.2 Å². The van der Waals surface area contributed by atoms with Crippen molar-refractivity contribution in [1.29, 1.82) is 0 Å². The molecule has 2 aliphatic carbocycles. The summed E-state index contributed by atoms with van der Waals surface area (Å²) in [5.74, 6) is 1.22. The van der Waals surface area contributed by atoms with Gasteiger partial charge in [0.05, 0.1) is 12.2 Å². The fraction of sp³-hybridized carbons (Fsp3) is 0.583. The molecule has 3 aliphatic rings. The standard InChI is InChI=1S/C24H25F6N3O2/c25-23(26,27)17-6-7-18(19(10-17)34-13-14-4-5-14)35-22-15-2-1-3-16(22)12-33(11-15)21-9-8-20(31-32-21)24(28,29)30/h6-10,14-16,22H,1-5,11-13H2. The van der Waals surface area contributed by atoms with Crippen molar-refractivity contribution >= 4 is 5.82 Å². The molecule has 0 N–H and O–H groups in total. The SMILES string of the molecule is FC(F)(F)c1ccc(OC2C3CCCC2CN(c2ccc(C(F)(F)F)nn2)C3)c(OCC2CC2)c1. The minimum Gasteiger partial charge on any atom is -0.489 e. The Labute approximate surface area is 198 Å². The summed E-state index contributed by atoms with van der Waals surface area (Å²) in [5.41, 5.74) is -1.83. The molecule has 0 radical (unpaired) electrons. The summed E-state index contributed by atoms with van der Waals surface area (Å²) < 4.78 is 90.4. The van der Waals surface area contributed by atoms with E-state index in [4.69, 9.17) is 9.47 Å². The van der Waals surface area contributed by atoms with Crippen LogP contribution in [0.4, 0.5) is 32.2 Å². The number of rotatable bonds is 6. The highest BCUT2D eigenvalue weighted by molar-refractivity contribution is 5.45. The van der Waals surface area contributed by atoms with E-state index in [2.05, 4.69) is 10.2 Å². The molecule has 5 nitrogen and oxygen atoms in total. The summed E-state index contributed by atoms with van der Waals surface area (Å²) >= 11 is 0. The molecule has 0 spiro atoms. The number of aromatic nitrogens is 2. The Bertz CT molecular complexity index is 1030. The average molecular weight is 501 g/mol. The first-order valence-electron chi connectivity index (χ1n) is 11.7. The second-order valence-corrected chi connectivity index (χ2v) is 9.63. The summed E-state index contributed by atoms with van der Waals surface area (Å²) in [7, 11) is 0. The third kappa shape index (κ3) is 5.43. The van der Waals surface area contributed by atoms with Gasteiger partial charge in [-0.1, -0.05) is 6.42 Å². The van der Waals surface area contributed by atoms with E-state index in [0.717, 1.165) is 50.3 Å². The zero-order chi connectivity index (χ0) is 24.8. The largest absolute Gasteiger partial charge is 0.489 e. The van der Waals surface area contributed by atoms with Crippen LogP contribution >= 0.6 is 0 Å². The molecule has 11 heteroatoms. The quantitative estimate of drug-likeness (QED) is 0.456. The maximum absolute atomic E-state index is 13.3. The molecular weight excluding hydrogens is 476 g/mol. The lowest BCUT2D eigenvalue weighted by atomic mass is 9.75. The Morgan fingerprint density at radius 3 is 2.11 bits per heavy atom. The van der Waals surface area contributed by atoms with E-state index < -0.39 is 23.6 Å². The van der Waals surface area contributed by atoms with Gasteiger partial charge in [-0.25, -0.2) is 0 Å². The molecule has 0 amide bonds. The van der Waals surface area contributed by atoms with Crippen molar-refractivity contribution in [3.63, 3.8) is 0 Å². The molecule has 3 fully saturated rings. The van der Waals surface area contributed by atoms with Gasteiger partial charge in [0.15, 0.2) is 23.0 Å². The van der Waals surface area contributed by atoms with Crippen LogP contribution in [0.15, 0.2) is 30.3 Å². The fourth-order valence-corrected chi connectivity index (χ4v) is 4.94. The van der Waals surface area contributed by atoms with Gasteiger partial charge in [0.25, 0.3) is 0 Å². The van der Waals surface area contributed by atoms with Crippen LogP contribution in [0.3, 0.4) is 0 Å². The monoisotopic (exact) mass is 501 g/mol. The minimum absolute atomic E-state index is 0.0465. The van der Waals surface area contributed by atoms with Crippen LogP contribution in [0.25, 0.3) is 0 Å². The number of hydrogen-bond acceptors (Lipinski definition) is 5. The number of anilines is 1. The highest BCUT2D eigenvalue weighted by Crippen LogP contribution is 2.43. The smallest absolute Gasteiger partial charge is 0.435 e. The van der Waals surface area contributed by atoms with E-state index in [9.17, 15) is 26.3 Å². The second kappa shape index (κ2) is 9.05. The number of benzene rings is 1. The molecule has 1 saturated heterocycles. The van der Waals surface area contributed by atoms with E-state index in [1.165, 1.54) is 12.1 Å². The van der Waals surface area contributed by atoms with Crippen molar-refractivity contribution in [2.45, 2.75) is 50.6 Å². The molecule has 1 aromatic carbocycles. The summed E-state index contributed by atoms with van der Waals surface area (Å²) in [5, 5.41) is 7.12. The average Bonchev–Trinajstić information content (AvgIpc) is 3.61. The molecule has 2 atom stereocenters. The highest BCUT2D eigenvalue weighted by Gasteiger charge is 2.42. The zero-order valence-corrected chi connectivity index (χ0v) is 18.8. The van der Waals surface area contributed by atoms with Crippen LogP contribution in [0, 0.1) is 17.8 Å². The first-order chi connectivity index (χ1) is 16.6. The van der Waals surface area contributed by atoms with Gasteiger partial charge in [-0.15, -0.1) is 10.2 Å². The number of alkyl halides is 6. The molecule has 1 aliphatic heterocycles. The van der Waals surface area contributed by atoms with Crippen LogP contribution < -0.4 is 14.4 Å². The van der Waals surface area contributed by atoms with Gasteiger partial charge in [-0.2, -0.15) is 26.3 Å². The van der Waals surface area contributed by atoms with Crippen molar-refractivity contribution in [3.05, 3.63) is 41.6 Å². The van der Waals surface area contributed by atoms with Gasteiger partial charge in [-0.3, -0.25) is 0 Å². The van der Waals surface area contributed by atoms with Gasteiger partial charge < -0.3 is 14.4 Å². The van der Waals surface area contributed by atoms with Crippen LogP contribution in [0.2, 0.25) is 0 Å². The topological polar surface area (TPSA) is 47.5 Å². The summed E-state index contributed by atoms with van der Waals surface area (Å²) in [6, 6.07) is 5.58. The number of fused-ring (bicyclic) bond motifs is 2. The lowest BCUT2D eigenvalue weighted by molar-refractivity contribution is -0.141. The first kappa shape index (κ1) is 24.0. The Morgan fingerprint density at radius 1 is 0.829 bits per heavy atom. The van der Waals surface area contributed by atoms with E-state index >= 15 is 0 Å². The predicted molar refractivity (Wildman–Crippen MR) is 114 cm³/mol. The number of halogens is 6. The van der Waals surface area contributed by atoms with Gasteiger partial charge in [-0.05, 0) is 61.9 Å². The predicted octanol–water partition coefficient (Wildman–Crippen LogP) is 5.99. The molecule has 2 heterocycles. The molecular formula is C24H25F6N3O2. The van der Waals surface area contributed by atoms with E-state index in [-0.39, 0.29) is 23.7 Å². The van der Waals surface area contributed by atoms with Gasteiger partial charge >= 0.3 is 12.4 Å². The summed E-state index contributed by atoms with van der Waals surface area (Å²) in [6.07, 6.45) is -4.60. The van der Waals surface area contributed by atoms with Crippen molar-refractivity contribution in [2.24, 2.45) is 17.8 Å². The van der Waals surface area contributed by atoms with Crippen molar-refractivity contribution < 1.29 is 35.8 Å². The van der Waals surface area contributed by atoms with Crippen LogP contribution in [-0.4, -0.2) is 36.0 Å². The molecule has 35 heavy (non-hydrogen) atoms. The Kier molecular flexibility index (Phi) is 6.21. The van der Waals surface area contributed by atoms with Crippen LogP contribution in [0.5, 0.6) is 11.5 Å². The Hall–Kier alpha value is -2.72. The third-order valence-corrected chi connectivity index (χ3v) is 6.96. The molecule has 2 unspecified atom stereocenters. The van der Waals surface area contributed by atoms with E-state index in [0.29, 0.717) is 37.2 Å². The normalized spacial score (nSPS) is 24.9. The number of hydrogen-bond donors (Lipinski definition) is 0. The molecule has 5 rings (SSSR count). The molecule has 1 aromatic heterocycles. The van der Waals surface area contributed by atoms with Gasteiger partial charge in [0, 0.05) is 24.9 Å². The second-order valence-electron chi connectivity index (χ2n) is 9.63. The molecule has 190 valence electrons.